The van der Waals surface area contributed by atoms with E-state index in [9.17, 15) is 10.1 Å². The standard InChI is InChI=1S/C12H7N5O3/c1-20-8-2-3-10(11(4-8)17(18)19)16-7-15-9(5-13)12(16)6-14/h2-4,7H,1H3. The number of nitro groups is 1. The van der Waals surface area contributed by atoms with Crippen LogP contribution in [0.3, 0.4) is 0 Å². The lowest BCUT2D eigenvalue weighted by Gasteiger charge is -2.06. The second kappa shape index (κ2) is 5.08. The number of nitrogens with zero attached hydrogens (tertiary/aromatic N) is 5. The van der Waals surface area contributed by atoms with E-state index in [1.54, 1.807) is 6.07 Å². The van der Waals surface area contributed by atoms with Crippen LogP contribution in [0.15, 0.2) is 24.5 Å². The average Bonchev–Trinajstić information content (AvgIpc) is 2.89. The highest BCUT2D eigenvalue weighted by molar-refractivity contribution is 5.58. The highest BCUT2D eigenvalue weighted by Crippen LogP contribution is 2.29. The average molecular weight is 269 g/mol. The minimum atomic E-state index is -0.592. The van der Waals surface area contributed by atoms with Gasteiger partial charge in [-0.1, -0.05) is 0 Å². The summed E-state index contributed by atoms with van der Waals surface area (Å²) >= 11 is 0. The summed E-state index contributed by atoms with van der Waals surface area (Å²) < 4.78 is 6.14. The lowest BCUT2D eigenvalue weighted by Crippen LogP contribution is -2.02. The molecule has 20 heavy (non-hydrogen) atoms. The number of imidazole rings is 1. The summed E-state index contributed by atoms with van der Waals surface area (Å²) in [5.41, 5.74) is -0.248. The van der Waals surface area contributed by atoms with Gasteiger partial charge in [0.25, 0.3) is 5.69 Å². The third-order valence-corrected chi connectivity index (χ3v) is 2.62. The van der Waals surface area contributed by atoms with Gasteiger partial charge in [-0.2, -0.15) is 10.5 Å². The van der Waals surface area contributed by atoms with Crippen LogP contribution in [0.4, 0.5) is 5.69 Å². The van der Waals surface area contributed by atoms with Crippen molar-refractivity contribution < 1.29 is 9.66 Å². The fourth-order valence-corrected chi connectivity index (χ4v) is 1.70. The first-order valence-electron chi connectivity index (χ1n) is 5.32. The van der Waals surface area contributed by atoms with E-state index in [0.29, 0.717) is 5.75 Å². The molecule has 1 heterocycles. The number of nitro benzene ring substituents is 1. The van der Waals surface area contributed by atoms with Crippen molar-refractivity contribution in [3.05, 3.63) is 46.0 Å². The Hall–Kier alpha value is -3.39. The van der Waals surface area contributed by atoms with E-state index in [1.807, 2.05) is 6.07 Å². The maximum Gasteiger partial charge on any atom is 0.296 e. The zero-order valence-corrected chi connectivity index (χ0v) is 10.3. The van der Waals surface area contributed by atoms with E-state index in [2.05, 4.69) is 4.98 Å². The van der Waals surface area contributed by atoms with Gasteiger partial charge < -0.3 is 4.74 Å². The monoisotopic (exact) mass is 269 g/mol. The molecule has 2 aromatic rings. The summed E-state index contributed by atoms with van der Waals surface area (Å²) in [5.74, 6) is 0.319. The molecule has 0 fully saturated rings. The van der Waals surface area contributed by atoms with E-state index in [4.69, 9.17) is 15.3 Å². The van der Waals surface area contributed by atoms with Gasteiger partial charge in [0, 0.05) is 0 Å². The Kier molecular flexibility index (Phi) is 3.32. The lowest BCUT2D eigenvalue weighted by atomic mass is 10.2. The Morgan fingerprint density at radius 2 is 2.15 bits per heavy atom. The molecule has 8 heteroatoms. The Morgan fingerprint density at radius 1 is 1.40 bits per heavy atom. The molecule has 1 aromatic heterocycles. The molecule has 0 saturated carbocycles. The van der Waals surface area contributed by atoms with Crippen molar-refractivity contribution in [3.8, 4) is 23.6 Å². The second-order valence-electron chi connectivity index (χ2n) is 3.65. The predicted octanol–water partition coefficient (Wildman–Crippen LogP) is 1.53. The third-order valence-electron chi connectivity index (χ3n) is 2.62. The summed E-state index contributed by atoms with van der Waals surface area (Å²) in [4.78, 5) is 14.3. The van der Waals surface area contributed by atoms with Crippen LogP contribution < -0.4 is 4.74 Å². The van der Waals surface area contributed by atoms with Crippen molar-refractivity contribution in [2.24, 2.45) is 0 Å². The fraction of sp³-hybridized carbons (Fsp3) is 0.0833. The summed E-state index contributed by atoms with van der Waals surface area (Å²) in [6.07, 6.45) is 1.20. The molecule has 0 N–H and O–H groups in total. The van der Waals surface area contributed by atoms with Crippen LogP contribution in [0.2, 0.25) is 0 Å². The molecule has 0 spiro atoms. The summed E-state index contributed by atoms with van der Waals surface area (Å²) in [7, 11) is 1.39. The maximum atomic E-state index is 11.1. The molecular formula is C12H7N5O3. The fourth-order valence-electron chi connectivity index (χ4n) is 1.70. The molecule has 2 rings (SSSR count). The summed E-state index contributed by atoms with van der Waals surface area (Å²) in [5, 5.41) is 29.0. The SMILES string of the molecule is COc1ccc(-n2cnc(C#N)c2C#N)c([N+](=O)[O-])c1. The quantitative estimate of drug-likeness (QED) is 0.615. The summed E-state index contributed by atoms with van der Waals surface area (Å²) in [6, 6.07) is 7.76. The normalized spacial score (nSPS) is 9.55. The zero-order valence-electron chi connectivity index (χ0n) is 10.3. The van der Waals surface area contributed by atoms with Crippen molar-refractivity contribution in [1.29, 1.82) is 10.5 Å². The van der Waals surface area contributed by atoms with Crippen LogP contribution in [0.25, 0.3) is 5.69 Å². The van der Waals surface area contributed by atoms with Crippen LogP contribution in [0, 0.1) is 32.8 Å². The molecule has 8 nitrogen and oxygen atoms in total. The van der Waals surface area contributed by atoms with Crippen molar-refractivity contribution >= 4 is 5.69 Å². The smallest absolute Gasteiger partial charge is 0.296 e. The number of hydrogen-bond acceptors (Lipinski definition) is 6. The second-order valence-corrected chi connectivity index (χ2v) is 3.65. The number of rotatable bonds is 3. The topological polar surface area (TPSA) is 118 Å². The van der Waals surface area contributed by atoms with Gasteiger partial charge in [0.1, 0.15) is 29.9 Å². The van der Waals surface area contributed by atoms with Crippen LogP contribution in [-0.4, -0.2) is 21.6 Å². The predicted molar refractivity (Wildman–Crippen MR) is 66.2 cm³/mol. The van der Waals surface area contributed by atoms with E-state index in [1.165, 1.54) is 36.2 Å². The van der Waals surface area contributed by atoms with Crippen molar-refractivity contribution in [2.45, 2.75) is 0 Å². The molecule has 0 bridgehead atoms. The number of aromatic nitrogens is 2. The van der Waals surface area contributed by atoms with Gasteiger partial charge in [-0.05, 0) is 12.1 Å². The molecule has 0 unspecified atom stereocenters. The van der Waals surface area contributed by atoms with Gasteiger partial charge in [0.2, 0.25) is 0 Å². The molecule has 0 aliphatic carbocycles. The van der Waals surface area contributed by atoms with Crippen molar-refractivity contribution in [3.63, 3.8) is 0 Å². The molecule has 98 valence electrons. The number of ether oxygens (including phenoxy) is 1. The number of methoxy groups -OCH3 is 1. The Morgan fingerprint density at radius 3 is 2.70 bits per heavy atom. The molecule has 0 atom stereocenters. The van der Waals surface area contributed by atoms with Crippen LogP contribution >= 0.6 is 0 Å². The highest BCUT2D eigenvalue weighted by atomic mass is 16.6. The first kappa shape index (κ1) is 13.1. The zero-order chi connectivity index (χ0) is 14.7. The van der Waals surface area contributed by atoms with E-state index < -0.39 is 4.92 Å². The van der Waals surface area contributed by atoms with Crippen LogP contribution in [-0.2, 0) is 0 Å². The molecule has 0 aliphatic rings. The number of nitriles is 2. The largest absolute Gasteiger partial charge is 0.496 e. The van der Waals surface area contributed by atoms with Gasteiger partial charge in [-0.15, -0.1) is 0 Å². The molecular weight excluding hydrogens is 262 g/mol. The van der Waals surface area contributed by atoms with Gasteiger partial charge in [-0.25, -0.2) is 4.98 Å². The molecule has 1 aromatic carbocycles. The Balaban J connectivity index is 2.71. The third kappa shape index (κ3) is 2.02. The van der Waals surface area contributed by atoms with E-state index in [-0.39, 0.29) is 22.8 Å². The summed E-state index contributed by atoms with van der Waals surface area (Å²) in [6.45, 7) is 0. The minimum absolute atomic E-state index is 0.0548. The van der Waals surface area contributed by atoms with E-state index in [0.717, 1.165) is 0 Å². The first-order valence-corrected chi connectivity index (χ1v) is 5.32. The number of benzene rings is 1. The number of hydrogen-bond donors (Lipinski definition) is 0. The van der Waals surface area contributed by atoms with Crippen molar-refractivity contribution in [2.75, 3.05) is 7.11 Å². The molecule has 0 saturated heterocycles. The van der Waals surface area contributed by atoms with Crippen LogP contribution in [0.1, 0.15) is 11.4 Å². The maximum absolute atomic E-state index is 11.1. The van der Waals surface area contributed by atoms with Crippen molar-refractivity contribution in [1.82, 2.24) is 9.55 Å². The van der Waals surface area contributed by atoms with E-state index >= 15 is 0 Å². The highest BCUT2D eigenvalue weighted by Gasteiger charge is 2.20. The molecule has 0 radical (unpaired) electrons. The van der Waals surface area contributed by atoms with Crippen LogP contribution in [0.5, 0.6) is 5.75 Å². The van der Waals surface area contributed by atoms with Gasteiger partial charge in [0.05, 0.1) is 18.1 Å². The van der Waals surface area contributed by atoms with Gasteiger partial charge in [0.15, 0.2) is 11.4 Å². The Bertz CT molecular complexity index is 766. The molecule has 0 amide bonds. The van der Waals surface area contributed by atoms with Gasteiger partial charge in [-0.3, -0.25) is 14.7 Å². The minimum Gasteiger partial charge on any atom is -0.496 e. The Labute approximate surface area is 113 Å². The lowest BCUT2D eigenvalue weighted by molar-refractivity contribution is -0.384. The van der Waals surface area contributed by atoms with Gasteiger partial charge >= 0.3 is 0 Å². The molecule has 0 aliphatic heterocycles. The first-order chi connectivity index (χ1) is 9.62.